The molecule has 0 aromatic heterocycles. The molecule has 1 saturated carbocycles. The molecule has 0 spiro atoms. The summed E-state index contributed by atoms with van der Waals surface area (Å²) in [4.78, 5) is 23.2. The van der Waals surface area contributed by atoms with Crippen LogP contribution in [0.25, 0.3) is 0 Å². The summed E-state index contributed by atoms with van der Waals surface area (Å²) in [5.74, 6) is -2.04. The molecule has 23 heavy (non-hydrogen) atoms. The average Bonchev–Trinajstić information content (AvgIpc) is 2.94. The first kappa shape index (κ1) is 17.7. The zero-order valence-electron chi connectivity index (χ0n) is 13.2. The fraction of sp³-hybridized carbons (Fsp3) is 0.529. The third kappa shape index (κ3) is 4.22. The Morgan fingerprint density at radius 3 is 2.57 bits per heavy atom. The number of nitrogens with one attached hydrogen (secondary N) is 1. The van der Waals surface area contributed by atoms with Crippen molar-refractivity contribution >= 4 is 23.5 Å². The van der Waals surface area contributed by atoms with E-state index >= 15 is 0 Å². The van der Waals surface area contributed by atoms with Crippen molar-refractivity contribution in [3.63, 3.8) is 0 Å². The van der Waals surface area contributed by atoms with E-state index in [9.17, 15) is 14.0 Å². The molecular weight excluding hydrogens is 321 g/mol. The number of carbonyl (C=O) groups is 2. The summed E-state index contributed by atoms with van der Waals surface area (Å²) in [6.45, 7) is 4.19. The molecule has 0 radical (unpaired) electrons. The molecule has 4 nitrogen and oxygen atoms in total. The second-order valence-corrected chi connectivity index (χ2v) is 7.18. The van der Waals surface area contributed by atoms with Crippen molar-refractivity contribution in [2.45, 2.75) is 38.5 Å². The molecule has 6 heteroatoms. The predicted molar refractivity (Wildman–Crippen MR) is 85.9 cm³/mol. The molecule has 1 fully saturated rings. The fourth-order valence-electron chi connectivity index (χ4n) is 3.03. The van der Waals surface area contributed by atoms with Gasteiger partial charge in [0, 0.05) is 22.9 Å². The smallest absolute Gasteiger partial charge is 0.306 e. The minimum absolute atomic E-state index is 0.125. The van der Waals surface area contributed by atoms with Crippen LogP contribution in [0.3, 0.4) is 0 Å². The molecule has 1 amide bonds. The van der Waals surface area contributed by atoms with Gasteiger partial charge in [-0.3, -0.25) is 9.59 Å². The molecule has 1 aromatic rings. The number of hydrogen-bond acceptors (Lipinski definition) is 2. The summed E-state index contributed by atoms with van der Waals surface area (Å²) in [7, 11) is 0. The lowest BCUT2D eigenvalue weighted by Gasteiger charge is -2.27. The van der Waals surface area contributed by atoms with Crippen LogP contribution in [-0.4, -0.2) is 23.5 Å². The van der Waals surface area contributed by atoms with Gasteiger partial charge < -0.3 is 10.4 Å². The van der Waals surface area contributed by atoms with Gasteiger partial charge in [0.1, 0.15) is 5.82 Å². The van der Waals surface area contributed by atoms with Crippen molar-refractivity contribution < 1.29 is 19.1 Å². The number of halogens is 2. The first-order valence-electron chi connectivity index (χ1n) is 7.67. The standard InChI is InChI=1S/C17H21ClFNO3/c1-17(2,13-6-5-12(19)8-14(13)18)9-20-15(21)10-3-4-11(7-10)16(22)23/h5-6,8,10-11H,3-4,7,9H2,1-2H3,(H,20,21)(H,22,23)/t10-,11+/m1/s1. The van der Waals surface area contributed by atoms with Crippen molar-refractivity contribution in [2.75, 3.05) is 6.54 Å². The Morgan fingerprint density at radius 1 is 1.35 bits per heavy atom. The summed E-state index contributed by atoms with van der Waals surface area (Å²) in [6.07, 6.45) is 1.53. The maximum Gasteiger partial charge on any atom is 0.306 e. The lowest BCUT2D eigenvalue weighted by Crippen LogP contribution is -2.39. The summed E-state index contributed by atoms with van der Waals surface area (Å²) in [5.41, 5.74) is 0.307. The Balaban J connectivity index is 1.96. The molecule has 1 aromatic carbocycles. The van der Waals surface area contributed by atoms with Crippen LogP contribution >= 0.6 is 11.6 Å². The molecule has 0 heterocycles. The topological polar surface area (TPSA) is 66.4 Å². The van der Waals surface area contributed by atoms with E-state index in [1.807, 2.05) is 13.8 Å². The number of carboxylic acid groups (broad SMARTS) is 1. The molecule has 2 N–H and O–H groups in total. The summed E-state index contributed by atoms with van der Waals surface area (Å²) in [6, 6.07) is 4.23. The molecular formula is C17H21ClFNO3. The summed E-state index contributed by atoms with van der Waals surface area (Å²) < 4.78 is 13.2. The lowest BCUT2D eigenvalue weighted by molar-refractivity contribution is -0.141. The number of benzene rings is 1. The van der Waals surface area contributed by atoms with Gasteiger partial charge in [-0.15, -0.1) is 0 Å². The van der Waals surface area contributed by atoms with Crippen molar-refractivity contribution in [2.24, 2.45) is 11.8 Å². The van der Waals surface area contributed by atoms with E-state index in [0.29, 0.717) is 30.8 Å². The van der Waals surface area contributed by atoms with E-state index in [0.717, 1.165) is 5.56 Å². The number of rotatable bonds is 5. The van der Waals surface area contributed by atoms with E-state index in [4.69, 9.17) is 16.7 Å². The average molecular weight is 342 g/mol. The largest absolute Gasteiger partial charge is 0.481 e. The molecule has 0 bridgehead atoms. The molecule has 1 aliphatic carbocycles. The third-order valence-corrected chi connectivity index (χ3v) is 4.83. The van der Waals surface area contributed by atoms with Gasteiger partial charge in [-0.25, -0.2) is 4.39 Å². The molecule has 0 unspecified atom stereocenters. The van der Waals surface area contributed by atoms with Crippen molar-refractivity contribution in [3.05, 3.63) is 34.6 Å². The van der Waals surface area contributed by atoms with Crippen molar-refractivity contribution in [3.8, 4) is 0 Å². The highest BCUT2D eigenvalue weighted by atomic mass is 35.5. The Labute approximate surface area is 140 Å². The minimum Gasteiger partial charge on any atom is -0.481 e. The molecule has 0 aliphatic heterocycles. The Bertz CT molecular complexity index is 618. The van der Waals surface area contributed by atoms with E-state index in [1.165, 1.54) is 12.1 Å². The Morgan fingerprint density at radius 2 is 2.00 bits per heavy atom. The van der Waals surface area contributed by atoms with Gasteiger partial charge >= 0.3 is 5.97 Å². The van der Waals surface area contributed by atoms with Crippen LogP contribution in [0.15, 0.2) is 18.2 Å². The Hall–Kier alpha value is -1.62. The number of carbonyl (C=O) groups excluding carboxylic acids is 1. The van der Waals surface area contributed by atoms with Crippen LogP contribution < -0.4 is 5.32 Å². The van der Waals surface area contributed by atoms with Gasteiger partial charge in [-0.2, -0.15) is 0 Å². The number of aliphatic carboxylic acids is 1. The molecule has 0 saturated heterocycles. The second-order valence-electron chi connectivity index (χ2n) is 6.77. The third-order valence-electron chi connectivity index (χ3n) is 4.52. The number of hydrogen-bond donors (Lipinski definition) is 2. The van der Waals surface area contributed by atoms with Crippen molar-refractivity contribution in [1.82, 2.24) is 5.32 Å². The van der Waals surface area contributed by atoms with E-state index in [-0.39, 0.29) is 11.8 Å². The highest BCUT2D eigenvalue weighted by molar-refractivity contribution is 6.31. The van der Waals surface area contributed by atoms with Crippen LogP contribution in [0, 0.1) is 17.7 Å². The monoisotopic (exact) mass is 341 g/mol. The first-order chi connectivity index (χ1) is 10.7. The zero-order valence-corrected chi connectivity index (χ0v) is 14.0. The van der Waals surface area contributed by atoms with Crippen LogP contribution in [0.1, 0.15) is 38.7 Å². The molecule has 126 valence electrons. The first-order valence-corrected chi connectivity index (χ1v) is 8.04. The van der Waals surface area contributed by atoms with E-state index in [2.05, 4.69) is 5.32 Å². The normalized spacial score (nSPS) is 21.2. The summed E-state index contributed by atoms with van der Waals surface area (Å²) >= 11 is 6.09. The maximum absolute atomic E-state index is 13.2. The van der Waals surface area contributed by atoms with E-state index < -0.39 is 23.1 Å². The van der Waals surface area contributed by atoms with Gasteiger partial charge in [0.05, 0.1) is 5.92 Å². The van der Waals surface area contributed by atoms with Gasteiger partial charge in [0.15, 0.2) is 0 Å². The van der Waals surface area contributed by atoms with Crippen LogP contribution in [-0.2, 0) is 15.0 Å². The van der Waals surface area contributed by atoms with Gasteiger partial charge in [-0.1, -0.05) is 31.5 Å². The number of carboxylic acids is 1. The second kappa shape index (κ2) is 6.87. The maximum atomic E-state index is 13.2. The quantitative estimate of drug-likeness (QED) is 0.862. The summed E-state index contributed by atoms with van der Waals surface area (Å²) in [5, 5.41) is 12.2. The van der Waals surface area contributed by atoms with Crippen LogP contribution in [0.4, 0.5) is 4.39 Å². The minimum atomic E-state index is -0.835. The number of amides is 1. The predicted octanol–water partition coefficient (Wildman–Crippen LogP) is 3.37. The fourth-order valence-corrected chi connectivity index (χ4v) is 3.45. The highest BCUT2D eigenvalue weighted by Gasteiger charge is 2.34. The van der Waals surface area contributed by atoms with Gasteiger partial charge in [-0.05, 0) is 37.0 Å². The van der Waals surface area contributed by atoms with E-state index in [1.54, 1.807) is 6.07 Å². The van der Waals surface area contributed by atoms with Crippen LogP contribution in [0.2, 0.25) is 5.02 Å². The SMILES string of the molecule is CC(C)(CNC(=O)[C@@H]1CC[C@H](C(=O)O)C1)c1ccc(F)cc1Cl. The van der Waals surface area contributed by atoms with Crippen LogP contribution in [0.5, 0.6) is 0 Å². The van der Waals surface area contributed by atoms with Crippen molar-refractivity contribution in [1.29, 1.82) is 0 Å². The van der Waals surface area contributed by atoms with Gasteiger partial charge in [0.25, 0.3) is 0 Å². The lowest BCUT2D eigenvalue weighted by atomic mass is 9.84. The Kier molecular flexibility index (Phi) is 5.30. The zero-order chi connectivity index (χ0) is 17.2. The van der Waals surface area contributed by atoms with Gasteiger partial charge in [0.2, 0.25) is 5.91 Å². The molecule has 1 aliphatic rings. The molecule has 2 atom stereocenters. The molecule has 2 rings (SSSR count). The highest BCUT2D eigenvalue weighted by Crippen LogP contribution is 2.32.